The second-order valence-corrected chi connectivity index (χ2v) is 3.48. The topological polar surface area (TPSA) is 33.1 Å². The molecule has 0 aliphatic heterocycles. The number of hydrogen-bond donors (Lipinski definition) is 1. The van der Waals surface area contributed by atoms with Gasteiger partial charge in [0, 0.05) is 5.56 Å². The summed E-state index contributed by atoms with van der Waals surface area (Å²) in [6.45, 7) is 0. The van der Waals surface area contributed by atoms with Gasteiger partial charge in [0.2, 0.25) is 0 Å². The maximum absolute atomic E-state index is 12.5. The molecule has 0 aliphatic carbocycles. The Bertz CT molecular complexity index is 520. The Morgan fingerprint density at radius 3 is 2.41 bits per heavy atom. The lowest BCUT2D eigenvalue weighted by molar-refractivity contribution is -0.137. The lowest BCUT2D eigenvalue weighted by Gasteiger charge is -2.08. The van der Waals surface area contributed by atoms with Crippen LogP contribution in [0, 0.1) is 0 Å². The van der Waals surface area contributed by atoms with Crippen LogP contribution in [-0.2, 0) is 6.18 Å². The zero-order chi connectivity index (χ0) is 12.5. The van der Waals surface area contributed by atoms with Gasteiger partial charge in [0.25, 0.3) is 0 Å². The van der Waals surface area contributed by atoms with E-state index in [0.717, 1.165) is 12.1 Å². The van der Waals surface area contributed by atoms with Crippen LogP contribution in [0.15, 0.2) is 42.6 Å². The van der Waals surface area contributed by atoms with Crippen LogP contribution in [0.4, 0.5) is 13.2 Å². The molecule has 2 rings (SSSR count). The van der Waals surface area contributed by atoms with Crippen molar-refractivity contribution >= 4 is 0 Å². The molecule has 0 saturated heterocycles. The molecule has 5 heteroatoms. The SMILES string of the molecule is Oc1ccc(-c2cccc(C(F)(F)F)c2)nc1. The average molecular weight is 239 g/mol. The summed E-state index contributed by atoms with van der Waals surface area (Å²) in [5, 5.41) is 9.04. The molecule has 2 nitrogen and oxygen atoms in total. The number of nitrogens with zero attached hydrogens (tertiary/aromatic N) is 1. The zero-order valence-corrected chi connectivity index (χ0v) is 8.57. The molecule has 17 heavy (non-hydrogen) atoms. The van der Waals surface area contributed by atoms with Crippen molar-refractivity contribution in [3.8, 4) is 17.0 Å². The molecular formula is C12H8F3NO. The number of alkyl halides is 3. The Morgan fingerprint density at radius 2 is 1.82 bits per heavy atom. The summed E-state index contributed by atoms with van der Waals surface area (Å²) in [4.78, 5) is 3.85. The molecule has 0 spiro atoms. The van der Waals surface area contributed by atoms with Gasteiger partial charge < -0.3 is 5.11 Å². The van der Waals surface area contributed by atoms with Crippen molar-refractivity contribution in [3.63, 3.8) is 0 Å². The third kappa shape index (κ3) is 2.55. The Morgan fingerprint density at radius 1 is 1.06 bits per heavy atom. The quantitative estimate of drug-likeness (QED) is 0.826. The van der Waals surface area contributed by atoms with Gasteiger partial charge >= 0.3 is 6.18 Å². The first-order valence-electron chi connectivity index (χ1n) is 4.79. The number of aromatic nitrogens is 1. The fourth-order valence-corrected chi connectivity index (χ4v) is 1.41. The summed E-state index contributed by atoms with van der Waals surface area (Å²) in [6.07, 6.45) is -3.18. The van der Waals surface area contributed by atoms with E-state index in [1.165, 1.54) is 30.5 Å². The second-order valence-electron chi connectivity index (χ2n) is 3.48. The molecule has 0 fully saturated rings. The van der Waals surface area contributed by atoms with Crippen molar-refractivity contribution in [2.45, 2.75) is 6.18 Å². The number of aromatic hydroxyl groups is 1. The van der Waals surface area contributed by atoms with Gasteiger partial charge in [0.15, 0.2) is 0 Å². The first-order valence-corrected chi connectivity index (χ1v) is 4.79. The normalized spacial score (nSPS) is 11.5. The van der Waals surface area contributed by atoms with Gasteiger partial charge in [-0.2, -0.15) is 13.2 Å². The zero-order valence-electron chi connectivity index (χ0n) is 8.57. The highest BCUT2D eigenvalue weighted by Gasteiger charge is 2.30. The minimum Gasteiger partial charge on any atom is -0.506 e. The van der Waals surface area contributed by atoms with E-state index < -0.39 is 11.7 Å². The summed E-state index contributed by atoms with van der Waals surface area (Å²) in [6, 6.07) is 7.73. The lowest BCUT2D eigenvalue weighted by atomic mass is 10.1. The summed E-state index contributed by atoms with van der Waals surface area (Å²) in [7, 11) is 0. The van der Waals surface area contributed by atoms with Crippen molar-refractivity contribution in [3.05, 3.63) is 48.2 Å². The van der Waals surface area contributed by atoms with Gasteiger partial charge in [-0.1, -0.05) is 12.1 Å². The second kappa shape index (κ2) is 4.08. The monoisotopic (exact) mass is 239 g/mol. The Balaban J connectivity index is 2.43. The highest BCUT2D eigenvalue weighted by molar-refractivity contribution is 5.60. The van der Waals surface area contributed by atoms with Crippen LogP contribution in [-0.4, -0.2) is 10.1 Å². The van der Waals surface area contributed by atoms with Crippen LogP contribution in [0.25, 0.3) is 11.3 Å². The van der Waals surface area contributed by atoms with Gasteiger partial charge in [0.05, 0.1) is 17.5 Å². The van der Waals surface area contributed by atoms with Gasteiger partial charge in [-0.25, -0.2) is 0 Å². The van der Waals surface area contributed by atoms with Crippen molar-refractivity contribution < 1.29 is 18.3 Å². The molecule has 0 aliphatic rings. The van der Waals surface area contributed by atoms with Gasteiger partial charge in [-0.3, -0.25) is 4.98 Å². The lowest BCUT2D eigenvalue weighted by Crippen LogP contribution is -2.04. The molecule has 1 aromatic heterocycles. The van der Waals surface area contributed by atoms with E-state index in [4.69, 9.17) is 5.11 Å². The van der Waals surface area contributed by atoms with E-state index in [2.05, 4.69) is 4.98 Å². The fraction of sp³-hybridized carbons (Fsp3) is 0.0833. The Kier molecular flexibility index (Phi) is 2.75. The predicted molar refractivity (Wildman–Crippen MR) is 56.3 cm³/mol. The number of benzene rings is 1. The van der Waals surface area contributed by atoms with Crippen LogP contribution in [0.2, 0.25) is 0 Å². The molecule has 1 N–H and O–H groups in total. The van der Waals surface area contributed by atoms with E-state index in [0.29, 0.717) is 11.3 Å². The minimum atomic E-state index is -4.37. The smallest absolute Gasteiger partial charge is 0.416 e. The molecule has 0 amide bonds. The van der Waals surface area contributed by atoms with Crippen LogP contribution >= 0.6 is 0 Å². The molecule has 0 atom stereocenters. The molecule has 1 aromatic carbocycles. The Hall–Kier alpha value is -2.04. The van der Waals surface area contributed by atoms with E-state index in [-0.39, 0.29) is 5.75 Å². The molecule has 0 saturated carbocycles. The maximum Gasteiger partial charge on any atom is 0.416 e. The summed E-state index contributed by atoms with van der Waals surface area (Å²) in [5.41, 5.74) is 0.0265. The van der Waals surface area contributed by atoms with Gasteiger partial charge in [-0.15, -0.1) is 0 Å². The predicted octanol–water partition coefficient (Wildman–Crippen LogP) is 3.47. The van der Waals surface area contributed by atoms with Crippen LogP contribution in [0.3, 0.4) is 0 Å². The first kappa shape index (κ1) is 11.4. The van der Waals surface area contributed by atoms with Crippen molar-refractivity contribution in [2.75, 3.05) is 0 Å². The maximum atomic E-state index is 12.5. The van der Waals surface area contributed by atoms with E-state index in [9.17, 15) is 13.2 Å². The molecular weight excluding hydrogens is 231 g/mol. The highest BCUT2D eigenvalue weighted by atomic mass is 19.4. The molecule has 2 aromatic rings. The van der Waals surface area contributed by atoms with E-state index in [1.807, 2.05) is 0 Å². The number of pyridine rings is 1. The number of rotatable bonds is 1. The van der Waals surface area contributed by atoms with Crippen molar-refractivity contribution in [2.24, 2.45) is 0 Å². The molecule has 0 bridgehead atoms. The average Bonchev–Trinajstić information content (AvgIpc) is 2.29. The number of halogens is 3. The van der Waals surface area contributed by atoms with Crippen molar-refractivity contribution in [1.29, 1.82) is 0 Å². The van der Waals surface area contributed by atoms with E-state index in [1.54, 1.807) is 0 Å². The minimum absolute atomic E-state index is 0.0271. The number of hydrogen-bond acceptors (Lipinski definition) is 2. The third-order valence-electron chi connectivity index (χ3n) is 2.23. The third-order valence-corrected chi connectivity index (χ3v) is 2.23. The van der Waals surface area contributed by atoms with E-state index >= 15 is 0 Å². The van der Waals surface area contributed by atoms with Gasteiger partial charge in [0.1, 0.15) is 5.75 Å². The van der Waals surface area contributed by atoms with Gasteiger partial charge in [-0.05, 0) is 24.3 Å². The van der Waals surface area contributed by atoms with Crippen LogP contribution in [0.5, 0.6) is 5.75 Å². The largest absolute Gasteiger partial charge is 0.506 e. The summed E-state index contributed by atoms with van der Waals surface area (Å²) < 4.78 is 37.5. The molecule has 88 valence electrons. The van der Waals surface area contributed by atoms with Crippen molar-refractivity contribution in [1.82, 2.24) is 4.98 Å². The summed E-state index contributed by atoms with van der Waals surface area (Å²) >= 11 is 0. The summed E-state index contributed by atoms with van der Waals surface area (Å²) in [5.74, 6) is -0.0271. The molecule has 0 radical (unpaired) electrons. The first-order chi connectivity index (χ1) is 7.97. The highest BCUT2D eigenvalue weighted by Crippen LogP contribution is 2.31. The Labute approximate surface area is 95.4 Å². The fourth-order valence-electron chi connectivity index (χ4n) is 1.41. The molecule has 0 unspecified atom stereocenters. The standard InChI is InChI=1S/C12H8F3NO/c13-12(14,15)9-3-1-2-8(6-9)11-5-4-10(17)7-16-11/h1-7,17H. The van der Waals surface area contributed by atoms with Crippen LogP contribution in [0.1, 0.15) is 5.56 Å². The molecule has 1 heterocycles. The van der Waals surface area contributed by atoms with Crippen LogP contribution < -0.4 is 0 Å².